The zero-order valence-corrected chi connectivity index (χ0v) is 14.0. The van der Waals surface area contributed by atoms with Gasteiger partial charge in [-0.25, -0.2) is 4.98 Å². The Morgan fingerprint density at radius 3 is 2.52 bits per heavy atom. The van der Waals surface area contributed by atoms with Crippen LogP contribution < -0.4 is 15.0 Å². The molecule has 0 amide bonds. The van der Waals surface area contributed by atoms with E-state index in [9.17, 15) is 0 Å². The number of thiazole rings is 1. The van der Waals surface area contributed by atoms with Crippen molar-refractivity contribution in [3.8, 4) is 5.75 Å². The highest BCUT2D eigenvalue weighted by Crippen LogP contribution is 2.31. The highest BCUT2D eigenvalue weighted by atomic mass is 32.1. The molecule has 2 rings (SSSR count). The quantitative estimate of drug-likeness (QED) is 0.848. The van der Waals surface area contributed by atoms with E-state index < -0.39 is 0 Å². The average Bonchev–Trinajstić information content (AvgIpc) is 2.95. The van der Waals surface area contributed by atoms with Crippen LogP contribution in [0.1, 0.15) is 24.4 Å². The summed E-state index contributed by atoms with van der Waals surface area (Å²) in [5.74, 6) is 0.869. The molecule has 0 spiro atoms. The van der Waals surface area contributed by atoms with Gasteiger partial charge in [0.1, 0.15) is 5.75 Å². The van der Waals surface area contributed by atoms with Crippen LogP contribution in [0.4, 0.5) is 10.8 Å². The van der Waals surface area contributed by atoms with Crippen molar-refractivity contribution in [3.63, 3.8) is 0 Å². The van der Waals surface area contributed by atoms with Gasteiger partial charge in [-0.3, -0.25) is 0 Å². The number of anilines is 2. The number of nitrogens with one attached hydrogen (secondary N) is 1. The number of methoxy groups -OCH3 is 1. The standard InChI is InChI=1S/C16H23N3OS/c1-5-14-15(11-17-6-2)21-16(18-14)19(3)12-7-9-13(20-4)10-8-12/h7-10,17H,5-6,11H2,1-4H3. The van der Waals surface area contributed by atoms with Crippen molar-refractivity contribution >= 4 is 22.2 Å². The minimum Gasteiger partial charge on any atom is -0.497 e. The maximum absolute atomic E-state index is 5.20. The van der Waals surface area contributed by atoms with Crippen molar-refractivity contribution in [1.29, 1.82) is 0 Å². The van der Waals surface area contributed by atoms with Crippen LogP contribution in [0.5, 0.6) is 5.75 Å². The summed E-state index contributed by atoms with van der Waals surface area (Å²) in [7, 11) is 3.73. The van der Waals surface area contributed by atoms with E-state index in [-0.39, 0.29) is 0 Å². The van der Waals surface area contributed by atoms with Gasteiger partial charge in [0.25, 0.3) is 0 Å². The second-order valence-electron chi connectivity index (χ2n) is 4.76. The molecule has 0 aliphatic carbocycles. The Morgan fingerprint density at radius 2 is 1.95 bits per heavy atom. The summed E-state index contributed by atoms with van der Waals surface area (Å²) in [5, 5.41) is 4.41. The Bertz CT molecular complexity index is 565. The number of rotatable bonds is 7. The highest BCUT2D eigenvalue weighted by molar-refractivity contribution is 7.15. The zero-order chi connectivity index (χ0) is 15.2. The van der Waals surface area contributed by atoms with Crippen molar-refractivity contribution in [2.45, 2.75) is 26.8 Å². The minimum absolute atomic E-state index is 0.869. The third kappa shape index (κ3) is 3.74. The number of ether oxygens (including phenoxy) is 1. The fraction of sp³-hybridized carbons (Fsp3) is 0.438. The van der Waals surface area contributed by atoms with Gasteiger partial charge in [-0.1, -0.05) is 25.2 Å². The molecule has 5 heteroatoms. The molecule has 0 fully saturated rings. The van der Waals surface area contributed by atoms with Gasteiger partial charge >= 0.3 is 0 Å². The van der Waals surface area contributed by atoms with Crippen molar-refractivity contribution in [3.05, 3.63) is 34.8 Å². The van der Waals surface area contributed by atoms with Gasteiger partial charge in [0, 0.05) is 24.2 Å². The fourth-order valence-corrected chi connectivity index (χ4v) is 3.18. The molecule has 0 bridgehead atoms. The smallest absolute Gasteiger partial charge is 0.190 e. The molecule has 2 aromatic rings. The van der Waals surface area contributed by atoms with Crippen LogP contribution in [0.2, 0.25) is 0 Å². The van der Waals surface area contributed by atoms with Crippen LogP contribution in [0.3, 0.4) is 0 Å². The Kier molecular flexibility index (Phi) is 5.59. The van der Waals surface area contributed by atoms with E-state index in [1.807, 2.05) is 12.1 Å². The van der Waals surface area contributed by atoms with E-state index in [1.165, 1.54) is 10.6 Å². The molecule has 4 nitrogen and oxygen atoms in total. The number of aryl methyl sites for hydroxylation is 1. The lowest BCUT2D eigenvalue weighted by atomic mass is 10.3. The van der Waals surface area contributed by atoms with Gasteiger partial charge in [-0.2, -0.15) is 0 Å². The first-order chi connectivity index (χ1) is 10.2. The van der Waals surface area contributed by atoms with Crippen LogP contribution in [0.25, 0.3) is 0 Å². The maximum Gasteiger partial charge on any atom is 0.190 e. The molecule has 0 unspecified atom stereocenters. The molecule has 1 N–H and O–H groups in total. The van der Waals surface area contributed by atoms with E-state index in [1.54, 1.807) is 18.4 Å². The predicted octanol–water partition coefficient (Wildman–Crippen LogP) is 3.59. The van der Waals surface area contributed by atoms with Gasteiger partial charge in [-0.05, 0) is 37.2 Å². The molecule has 0 atom stereocenters. The van der Waals surface area contributed by atoms with Crippen molar-refractivity contribution in [1.82, 2.24) is 10.3 Å². The van der Waals surface area contributed by atoms with E-state index >= 15 is 0 Å². The summed E-state index contributed by atoms with van der Waals surface area (Å²) in [4.78, 5) is 8.23. The highest BCUT2D eigenvalue weighted by Gasteiger charge is 2.13. The van der Waals surface area contributed by atoms with Crippen LogP contribution in [0.15, 0.2) is 24.3 Å². The second kappa shape index (κ2) is 7.43. The SMILES string of the molecule is CCNCc1sc(N(C)c2ccc(OC)cc2)nc1CC. The summed E-state index contributed by atoms with van der Waals surface area (Å²) in [6.45, 7) is 6.15. The Labute approximate surface area is 130 Å². The number of hydrogen-bond donors (Lipinski definition) is 1. The van der Waals surface area contributed by atoms with Crippen molar-refractivity contribution < 1.29 is 4.74 Å². The number of nitrogens with zero attached hydrogens (tertiary/aromatic N) is 2. The van der Waals surface area contributed by atoms with Gasteiger partial charge < -0.3 is 15.0 Å². The van der Waals surface area contributed by atoms with Gasteiger partial charge in [0.05, 0.1) is 12.8 Å². The average molecular weight is 305 g/mol. The molecule has 0 aliphatic rings. The van der Waals surface area contributed by atoms with Gasteiger partial charge in [0.2, 0.25) is 0 Å². The third-order valence-corrected chi connectivity index (χ3v) is 4.56. The first-order valence-corrected chi connectivity index (χ1v) is 8.08. The van der Waals surface area contributed by atoms with Crippen LogP contribution in [-0.4, -0.2) is 25.7 Å². The third-order valence-electron chi connectivity index (χ3n) is 3.38. The summed E-state index contributed by atoms with van der Waals surface area (Å²) < 4.78 is 5.20. The molecular weight excluding hydrogens is 282 g/mol. The number of aromatic nitrogens is 1. The molecule has 1 heterocycles. The van der Waals surface area contributed by atoms with Crippen molar-refractivity contribution in [2.24, 2.45) is 0 Å². The summed E-state index contributed by atoms with van der Waals surface area (Å²) in [5.41, 5.74) is 2.30. The minimum atomic E-state index is 0.869. The van der Waals surface area contributed by atoms with Crippen LogP contribution >= 0.6 is 11.3 Å². The Morgan fingerprint density at radius 1 is 1.24 bits per heavy atom. The zero-order valence-electron chi connectivity index (χ0n) is 13.1. The Hall–Kier alpha value is -1.59. The number of hydrogen-bond acceptors (Lipinski definition) is 5. The van der Waals surface area contributed by atoms with E-state index in [0.717, 1.165) is 36.1 Å². The molecule has 1 aromatic heterocycles. The predicted molar refractivity (Wildman–Crippen MR) is 89.9 cm³/mol. The molecule has 1 aromatic carbocycles. The van der Waals surface area contributed by atoms with Crippen molar-refractivity contribution in [2.75, 3.05) is 25.6 Å². The molecule has 21 heavy (non-hydrogen) atoms. The summed E-state index contributed by atoms with van der Waals surface area (Å²) in [6, 6.07) is 8.05. The van der Waals surface area contributed by atoms with Gasteiger partial charge in [0.15, 0.2) is 5.13 Å². The van der Waals surface area contributed by atoms with Crippen LogP contribution in [0, 0.1) is 0 Å². The molecule has 114 valence electrons. The largest absolute Gasteiger partial charge is 0.497 e. The summed E-state index contributed by atoms with van der Waals surface area (Å²) >= 11 is 1.76. The van der Waals surface area contributed by atoms with E-state index in [0.29, 0.717) is 0 Å². The summed E-state index contributed by atoms with van der Waals surface area (Å²) in [6.07, 6.45) is 0.966. The van der Waals surface area contributed by atoms with Crippen LogP contribution in [-0.2, 0) is 13.0 Å². The van der Waals surface area contributed by atoms with E-state index in [2.05, 4.69) is 43.2 Å². The molecule has 0 aliphatic heterocycles. The lowest BCUT2D eigenvalue weighted by molar-refractivity contribution is 0.415. The maximum atomic E-state index is 5.20. The topological polar surface area (TPSA) is 37.4 Å². The Balaban J connectivity index is 2.21. The monoisotopic (exact) mass is 305 g/mol. The lowest BCUT2D eigenvalue weighted by Crippen LogP contribution is -2.11. The first kappa shape index (κ1) is 15.8. The van der Waals surface area contributed by atoms with E-state index in [4.69, 9.17) is 9.72 Å². The van der Waals surface area contributed by atoms with Gasteiger partial charge in [-0.15, -0.1) is 0 Å². The normalized spacial score (nSPS) is 10.7. The number of benzene rings is 1. The second-order valence-corrected chi connectivity index (χ2v) is 5.82. The lowest BCUT2D eigenvalue weighted by Gasteiger charge is -2.16. The fourth-order valence-electron chi connectivity index (χ4n) is 2.08. The first-order valence-electron chi connectivity index (χ1n) is 7.26. The molecule has 0 radical (unpaired) electrons. The molecule has 0 saturated heterocycles. The molecule has 0 saturated carbocycles. The molecular formula is C16H23N3OS.